The van der Waals surface area contributed by atoms with E-state index in [4.69, 9.17) is 9.84 Å². The molecule has 0 aromatic heterocycles. The van der Waals surface area contributed by atoms with Gasteiger partial charge in [0.25, 0.3) is 0 Å². The van der Waals surface area contributed by atoms with Gasteiger partial charge in [-0.15, -0.1) is 0 Å². The SMILES string of the molecule is CN(CC1(O)CCOCC1)C(=O)C(=O)O. The van der Waals surface area contributed by atoms with Gasteiger partial charge in [-0.2, -0.15) is 0 Å². The Morgan fingerprint density at radius 2 is 1.93 bits per heavy atom. The standard InChI is InChI=1S/C9H15NO5/c1-10(7(11)8(12)13)6-9(14)2-4-15-5-3-9/h14H,2-6H2,1H3,(H,12,13). The van der Waals surface area contributed by atoms with Gasteiger partial charge in [0.1, 0.15) is 0 Å². The van der Waals surface area contributed by atoms with Gasteiger partial charge < -0.3 is 19.8 Å². The fourth-order valence-electron chi connectivity index (χ4n) is 1.59. The number of carboxylic acids is 1. The Labute approximate surface area is 87.4 Å². The van der Waals surface area contributed by atoms with E-state index in [0.29, 0.717) is 26.1 Å². The molecule has 15 heavy (non-hydrogen) atoms. The monoisotopic (exact) mass is 217 g/mol. The maximum absolute atomic E-state index is 11.0. The first-order chi connectivity index (χ1) is 6.94. The minimum atomic E-state index is -1.51. The summed E-state index contributed by atoms with van der Waals surface area (Å²) in [6, 6.07) is 0. The van der Waals surface area contributed by atoms with Crippen molar-refractivity contribution in [1.29, 1.82) is 0 Å². The molecule has 1 amide bonds. The van der Waals surface area contributed by atoms with Gasteiger partial charge in [0.15, 0.2) is 0 Å². The molecule has 86 valence electrons. The molecule has 0 spiro atoms. The highest BCUT2D eigenvalue weighted by Gasteiger charge is 2.33. The number of amides is 1. The smallest absolute Gasteiger partial charge is 0.394 e. The number of aliphatic hydroxyl groups is 1. The maximum Gasteiger partial charge on any atom is 0.394 e. The lowest BCUT2D eigenvalue weighted by atomic mass is 9.94. The Bertz CT molecular complexity index is 259. The molecule has 0 saturated carbocycles. The third kappa shape index (κ3) is 3.17. The summed E-state index contributed by atoms with van der Waals surface area (Å²) in [5.74, 6) is -2.51. The van der Waals surface area contributed by atoms with Crippen molar-refractivity contribution in [2.24, 2.45) is 0 Å². The van der Waals surface area contributed by atoms with E-state index in [1.807, 2.05) is 0 Å². The van der Waals surface area contributed by atoms with Crippen molar-refractivity contribution >= 4 is 11.9 Å². The van der Waals surface area contributed by atoms with E-state index in [9.17, 15) is 14.7 Å². The number of aliphatic carboxylic acids is 1. The number of ether oxygens (including phenoxy) is 1. The first-order valence-corrected chi connectivity index (χ1v) is 4.73. The Kier molecular flexibility index (Phi) is 3.65. The zero-order chi connectivity index (χ0) is 11.5. The zero-order valence-corrected chi connectivity index (χ0v) is 8.60. The van der Waals surface area contributed by atoms with Gasteiger partial charge in [-0.3, -0.25) is 4.79 Å². The maximum atomic E-state index is 11.0. The van der Waals surface area contributed by atoms with Crippen LogP contribution < -0.4 is 0 Å². The molecule has 0 aliphatic carbocycles. The lowest BCUT2D eigenvalue weighted by molar-refractivity contribution is -0.158. The van der Waals surface area contributed by atoms with Crippen molar-refractivity contribution < 1.29 is 24.5 Å². The topological polar surface area (TPSA) is 87.1 Å². The van der Waals surface area contributed by atoms with Crippen LogP contribution in [0.3, 0.4) is 0 Å². The van der Waals surface area contributed by atoms with Crippen LogP contribution >= 0.6 is 0 Å². The highest BCUT2D eigenvalue weighted by molar-refractivity contribution is 6.31. The van der Waals surface area contributed by atoms with Gasteiger partial charge in [-0.25, -0.2) is 4.79 Å². The average molecular weight is 217 g/mol. The van der Waals surface area contributed by atoms with E-state index >= 15 is 0 Å². The molecule has 0 aromatic carbocycles. The van der Waals surface area contributed by atoms with Gasteiger partial charge in [0, 0.05) is 39.6 Å². The number of carbonyl (C=O) groups is 2. The van der Waals surface area contributed by atoms with E-state index < -0.39 is 17.5 Å². The van der Waals surface area contributed by atoms with Crippen LogP contribution in [0, 0.1) is 0 Å². The molecule has 6 nitrogen and oxygen atoms in total. The van der Waals surface area contributed by atoms with Crippen LogP contribution in [0.15, 0.2) is 0 Å². The van der Waals surface area contributed by atoms with E-state index in [0.717, 1.165) is 4.90 Å². The van der Waals surface area contributed by atoms with Crippen LogP contribution in [-0.4, -0.2) is 59.4 Å². The molecule has 2 N–H and O–H groups in total. The minimum Gasteiger partial charge on any atom is -0.474 e. The van der Waals surface area contributed by atoms with Crippen molar-refractivity contribution in [2.45, 2.75) is 18.4 Å². The Morgan fingerprint density at radius 1 is 1.40 bits per heavy atom. The molecule has 0 unspecified atom stereocenters. The van der Waals surface area contributed by atoms with Gasteiger partial charge in [-0.1, -0.05) is 0 Å². The molecule has 1 aliphatic rings. The summed E-state index contributed by atoms with van der Waals surface area (Å²) in [5, 5.41) is 18.5. The normalized spacial score (nSPS) is 19.6. The molecular formula is C9H15NO5. The second kappa shape index (κ2) is 4.59. The summed E-state index contributed by atoms with van der Waals surface area (Å²) < 4.78 is 5.07. The summed E-state index contributed by atoms with van der Waals surface area (Å²) in [6.07, 6.45) is 0.842. The quantitative estimate of drug-likeness (QED) is 0.583. The Morgan fingerprint density at radius 3 is 2.40 bits per heavy atom. The van der Waals surface area contributed by atoms with Crippen LogP contribution in [0.25, 0.3) is 0 Å². The number of rotatable bonds is 2. The zero-order valence-electron chi connectivity index (χ0n) is 8.60. The van der Waals surface area contributed by atoms with Gasteiger partial charge in [0.2, 0.25) is 0 Å². The molecular weight excluding hydrogens is 202 g/mol. The van der Waals surface area contributed by atoms with Crippen LogP contribution in [0.4, 0.5) is 0 Å². The number of likely N-dealkylation sites (N-methyl/N-ethyl adjacent to an activating group) is 1. The van der Waals surface area contributed by atoms with Crippen molar-refractivity contribution in [2.75, 3.05) is 26.8 Å². The highest BCUT2D eigenvalue weighted by Crippen LogP contribution is 2.21. The average Bonchev–Trinajstić information content (AvgIpc) is 2.16. The largest absolute Gasteiger partial charge is 0.474 e. The van der Waals surface area contributed by atoms with E-state index in [1.165, 1.54) is 7.05 Å². The Hall–Kier alpha value is -1.14. The van der Waals surface area contributed by atoms with E-state index in [-0.39, 0.29) is 6.54 Å². The lowest BCUT2D eigenvalue weighted by Crippen LogP contribution is -2.48. The third-order valence-electron chi connectivity index (χ3n) is 2.48. The fraction of sp³-hybridized carbons (Fsp3) is 0.778. The lowest BCUT2D eigenvalue weighted by Gasteiger charge is -2.34. The summed E-state index contributed by atoms with van der Waals surface area (Å²) in [4.78, 5) is 22.5. The molecule has 1 fully saturated rings. The number of nitrogens with zero attached hydrogens (tertiary/aromatic N) is 1. The van der Waals surface area contributed by atoms with Crippen LogP contribution in [0.5, 0.6) is 0 Å². The van der Waals surface area contributed by atoms with Crippen LogP contribution in [-0.2, 0) is 14.3 Å². The van der Waals surface area contributed by atoms with Crippen molar-refractivity contribution in [3.63, 3.8) is 0 Å². The second-order valence-electron chi connectivity index (χ2n) is 3.80. The molecule has 1 rings (SSSR count). The third-order valence-corrected chi connectivity index (χ3v) is 2.48. The molecule has 1 saturated heterocycles. The highest BCUT2D eigenvalue weighted by atomic mass is 16.5. The van der Waals surface area contributed by atoms with Crippen molar-refractivity contribution in [3.8, 4) is 0 Å². The number of hydrogen-bond donors (Lipinski definition) is 2. The predicted octanol–water partition coefficient (Wildman–Crippen LogP) is -0.929. The second-order valence-corrected chi connectivity index (χ2v) is 3.80. The molecule has 1 heterocycles. The van der Waals surface area contributed by atoms with Crippen LogP contribution in [0.1, 0.15) is 12.8 Å². The van der Waals surface area contributed by atoms with Gasteiger partial charge >= 0.3 is 11.9 Å². The molecule has 6 heteroatoms. The van der Waals surface area contributed by atoms with Gasteiger partial charge in [-0.05, 0) is 0 Å². The summed E-state index contributed by atoms with van der Waals surface area (Å²) in [6.45, 7) is 0.901. The van der Waals surface area contributed by atoms with Crippen molar-refractivity contribution in [1.82, 2.24) is 4.90 Å². The number of hydrogen-bond acceptors (Lipinski definition) is 4. The first-order valence-electron chi connectivity index (χ1n) is 4.73. The van der Waals surface area contributed by atoms with E-state index in [2.05, 4.69) is 0 Å². The number of carboxylic acid groups (broad SMARTS) is 1. The van der Waals surface area contributed by atoms with E-state index in [1.54, 1.807) is 0 Å². The molecule has 1 aliphatic heterocycles. The molecule has 0 radical (unpaired) electrons. The summed E-state index contributed by atoms with van der Waals surface area (Å²) in [5.41, 5.74) is -1.02. The molecule has 0 atom stereocenters. The van der Waals surface area contributed by atoms with Crippen molar-refractivity contribution in [3.05, 3.63) is 0 Å². The minimum absolute atomic E-state index is 0.0293. The molecule has 0 bridgehead atoms. The fourth-order valence-corrected chi connectivity index (χ4v) is 1.59. The summed E-state index contributed by atoms with van der Waals surface area (Å²) in [7, 11) is 1.36. The summed E-state index contributed by atoms with van der Waals surface area (Å²) >= 11 is 0. The van der Waals surface area contributed by atoms with Crippen LogP contribution in [0.2, 0.25) is 0 Å². The number of carbonyl (C=O) groups excluding carboxylic acids is 1. The van der Waals surface area contributed by atoms with Gasteiger partial charge in [0.05, 0.1) is 5.60 Å². The predicted molar refractivity (Wildman–Crippen MR) is 50.3 cm³/mol. The molecule has 0 aromatic rings. The first kappa shape index (κ1) is 11.9. The Balaban J connectivity index is 2.52.